The van der Waals surface area contributed by atoms with E-state index < -0.39 is 0 Å². The molecule has 3 rings (SSSR count). The maximum absolute atomic E-state index is 12.4. The summed E-state index contributed by atoms with van der Waals surface area (Å²) in [6, 6.07) is 0. The zero-order valence-corrected chi connectivity index (χ0v) is 17.8. The summed E-state index contributed by atoms with van der Waals surface area (Å²) in [5.74, 6) is 1.73. The zero-order chi connectivity index (χ0) is 20.3. The SMILES string of the molecule is CN=C(NCCCOCC1CCOC1)N1CCN(CC(=O)N2CCOCC2)CC1. The van der Waals surface area contributed by atoms with Crippen LogP contribution in [0.3, 0.4) is 0 Å². The summed E-state index contributed by atoms with van der Waals surface area (Å²) in [7, 11) is 1.83. The molecule has 0 aromatic heterocycles. The average molecular weight is 412 g/mol. The van der Waals surface area contributed by atoms with E-state index in [-0.39, 0.29) is 5.91 Å². The fraction of sp³-hybridized carbons (Fsp3) is 0.900. The predicted octanol–water partition coefficient (Wildman–Crippen LogP) is -0.519. The summed E-state index contributed by atoms with van der Waals surface area (Å²) in [4.78, 5) is 23.3. The lowest BCUT2D eigenvalue weighted by Gasteiger charge is -2.37. The Morgan fingerprint density at radius 2 is 1.86 bits per heavy atom. The van der Waals surface area contributed by atoms with Crippen LogP contribution >= 0.6 is 0 Å². The molecule has 0 spiro atoms. The van der Waals surface area contributed by atoms with Crippen molar-refractivity contribution in [1.82, 2.24) is 20.0 Å². The summed E-state index contributed by atoms with van der Waals surface area (Å²) in [6.45, 7) is 10.9. The second-order valence-corrected chi connectivity index (χ2v) is 7.89. The highest BCUT2D eigenvalue weighted by molar-refractivity contribution is 5.80. The summed E-state index contributed by atoms with van der Waals surface area (Å²) >= 11 is 0. The summed E-state index contributed by atoms with van der Waals surface area (Å²) < 4.78 is 16.4. The molecule has 1 amide bonds. The fourth-order valence-electron chi connectivity index (χ4n) is 3.89. The number of ether oxygens (including phenoxy) is 3. The van der Waals surface area contributed by atoms with Crippen LogP contribution in [0.4, 0.5) is 0 Å². The van der Waals surface area contributed by atoms with Gasteiger partial charge in [-0.15, -0.1) is 0 Å². The number of amides is 1. The van der Waals surface area contributed by atoms with Crippen LogP contribution in [0.25, 0.3) is 0 Å². The second-order valence-electron chi connectivity index (χ2n) is 7.89. The van der Waals surface area contributed by atoms with E-state index >= 15 is 0 Å². The van der Waals surface area contributed by atoms with Gasteiger partial charge in [-0.05, 0) is 12.8 Å². The van der Waals surface area contributed by atoms with Crippen molar-refractivity contribution in [3.8, 4) is 0 Å². The molecule has 1 atom stereocenters. The Morgan fingerprint density at radius 3 is 2.55 bits per heavy atom. The lowest BCUT2D eigenvalue weighted by atomic mass is 10.1. The molecule has 0 saturated carbocycles. The minimum absolute atomic E-state index is 0.216. The standard InChI is InChI=1S/C20H37N5O4/c1-21-20(22-4-2-11-28-16-18-3-12-29-17-18)25-7-5-23(6-8-25)15-19(26)24-9-13-27-14-10-24/h18H,2-17H2,1H3,(H,21,22). The van der Waals surface area contributed by atoms with Gasteiger partial charge in [-0.2, -0.15) is 0 Å². The number of nitrogens with zero attached hydrogens (tertiary/aromatic N) is 4. The van der Waals surface area contributed by atoms with Gasteiger partial charge < -0.3 is 29.3 Å². The topological polar surface area (TPSA) is 78.9 Å². The highest BCUT2D eigenvalue weighted by atomic mass is 16.5. The molecule has 0 aromatic rings. The molecule has 9 nitrogen and oxygen atoms in total. The first-order chi connectivity index (χ1) is 14.3. The van der Waals surface area contributed by atoms with Crippen LogP contribution in [0, 0.1) is 5.92 Å². The summed E-state index contributed by atoms with van der Waals surface area (Å²) in [5, 5.41) is 3.44. The Bertz CT molecular complexity index is 513. The normalized spacial score (nSPS) is 24.2. The van der Waals surface area contributed by atoms with Gasteiger partial charge in [0.25, 0.3) is 0 Å². The second kappa shape index (κ2) is 12.3. The molecule has 0 bridgehead atoms. The summed E-state index contributed by atoms with van der Waals surface area (Å²) in [6.07, 6.45) is 2.08. The van der Waals surface area contributed by atoms with E-state index in [4.69, 9.17) is 14.2 Å². The van der Waals surface area contributed by atoms with Gasteiger partial charge in [-0.25, -0.2) is 0 Å². The molecule has 3 aliphatic rings. The third-order valence-corrected chi connectivity index (χ3v) is 5.73. The van der Waals surface area contributed by atoms with Crippen LogP contribution in [-0.2, 0) is 19.0 Å². The van der Waals surface area contributed by atoms with E-state index in [9.17, 15) is 4.79 Å². The third-order valence-electron chi connectivity index (χ3n) is 5.73. The van der Waals surface area contributed by atoms with Gasteiger partial charge in [0.05, 0.1) is 33.0 Å². The number of hydrogen-bond acceptors (Lipinski definition) is 6. The maximum Gasteiger partial charge on any atom is 0.236 e. The molecule has 3 heterocycles. The Labute approximate surface area is 174 Å². The van der Waals surface area contributed by atoms with Crippen molar-refractivity contribution in [1.29, 1.82) is 0 Å². The number of hydrogen-bond donors (Lipinski definition) is 1. The molecule has 166 valence electrons. The van der Waals surface area contributed by atoms with Gasteiger partial charge in [0.2, 0.25) is 5.91 Å². The molecule has 0 aliphatic carbocycles. The molecule has 0 aromatic carbocycles. The Hall–Kier alpha value is -1.42. The number of morpholine rings is 1. The van der Waals surface area contributed by atoms with Gasteiger partial charge in [0, 0.05) is 72.0 Å². The molecule has 0 radical (unpaired) electrons. The van der Waals surface area contributed by atoms with Crippen LogP contribution in [0.5, 0.6) is 0 Å². The van der Waals surface area contributed by atoms with Crippen LogP contribution in [0.1, 0.15) is 12.8 Å². The molecular weight excluding hydrogens is 374 g/mol. The molecule has 1 unspecified atom stereocenters. The molecular formula is C20H37N5O4. The predicted molar refractivity (Wildman–Crippen MR) is 111 cm³/mol. The highest BCUT2D eigenvalue weighted by Crippen LogP contribution is 2.12. The fourth-order valence-corrected chi connectivity index (χ4v) is 3.89. The number of aliphatic imine (C=N–C) groups is 1. The van der Waals surface area contributed by atoms with Gasteiger partial charge in [0.1, 0.15) is 0 Å². The van der Waals surface area contributed by atoms with Gasteiger partial charge >= 0.3 is 0 Å². The van der Waals surface area contributed by atoms with Crippen molar-refractivity contribution in [3.05, 3.63) is 0 Å². The lowest BCUT2D eigenvalue weighted by molar-refractivity contribution is -0.136. The largest absolute Gasteiger partial charge is 0.381 e. The van der Waals surface area contributed by atoms with Gasteiger partial charge in [0.15, 0.2) is 5.96 Å². The summed E-state index contributed by atoms with van der Waals surface area (Å²) in [5.41, 5.74) is 0. The van der Waals surface area contributed by atoms with Crippen LogP contribution < -0.4 is 5.32 Å². The zero-order valence-electron chi connectivity index (χ0n) is 17.8. The molecule has 3 aliphatic heterocycles. The van der Waals surface area contributed by atoms with Crippen LogP contribution in [-0.4, -0.2) is 126 Å². The van der Waals surface area contributed by atoms with Crippen molar-refractivity contribution in [2.24, 2.45) is 10.9 Å². The Balaban J connectivity index is 1.26. The molecule has 29 heavy (non-hydrogen) atoms. The molecule has 1 N–H and O–H groups in total. The minimum Gasteiger partial charge on any atom is -0.381 e. The smallest absolute Gasteiger partial charge is 0.236 e. The van der Waals surface area contributed by atoms with Gasteiger partial charge in [-0.3, -0.25) is 14.7 Å². The number of guanidine groups is 1. The number of carbonyl (C=O) groups excluding carboxylic acids is 1. The monoisotopic (exact) mass is 411 g/mol. The first kappa shape index (κ1) is 22.3. The Kier molecular flexibility index (Phi) is 9.46. The maximum atomic E-state index is 12.4. The minimum atomic E-state index is 0.216. The number of nitrogens with one attached hydrogen (secondary N) is 1. The number of piperazine rings is 1. The first-order valence-electron chi connectivity index (χ1n) is 10.9. The van der Waals surface area contributed by atoms with Crippen molar-refractivity contribution < 1.29 is 19.0 Å². The number of rotatable bonds is 8. The van der Waals surface area contributed by atoms with Crippen LogP contribution in [0.2, 0.25) is 0 Å². The molecule has 3 saturated heterocycles. The first-order valence-corrected chi connectivity index (χ1v) is 10.9. The van der Waals surface area contributed by atoms with Crippen LogP contribution in [0.15, 0.2) is 4.99 Å². The van der Waals surface area contributed by atoms with Crippen molar-refractivity contribution in [3.63, 3.8) is 0 Å². The third kappa shape index (κ3) is 7.40. The van der Waals surface area contributed by atoms with Crippen molar-refractivity contribution >= 4 is 11.9 Å². The van der Waals surface area contributed by atoms with E-state index in [1.165, 1.54) is 0 Å². The van der Waals surface area contributed by atoms with Crippen molar-refractivity contribution in [2.45, 2.75) is 12.8 Å². The van der Waals surface area contributed by atoms with Gasteiger partial charge in [-0.1, -0.05) is 0 Å². The van der Waals surface area contributed by atoms with E-state index in [1.807, 2.05) is 11.9 Å². The Morgan fingerprint density at radius 1 is 1.07 bits per heavy atom. The molecule has 9 heteroatoms. The van der Waals surface area contributed by atoms with E-state index in [0.29, 0.717) is 38.8 Å². The van der Waals surface area contributed by atoms with E-state index in [1.54, 1.807) is 0 Å². The van der Waals surface area contributed by atoms with Crippen molar-refractivity contribution in [2.75, 3.05) is 99.0 Å². The number of carbonyl (C=O) groups is 1. The average Bonchev–Trinajstić information content (AvgIpc) is 3.28. The highest BCUT2D eigenvalue weighted by Gasteiger charge is 2.24. The van der Waals surface area contributed by atoms with E-state index in [2.05, 4.69) is 20.1 Å². The van der Waals surface area contributed by atoms with E-state index in [0.717, 1.165) is 78.0 Å². The lowest BCUT2D eigenvalue weighted by Crippen LogP contribution is -2.55. The quantitative estimate of drug-likeness (QED) is 0.327. The molecule has 3 fully saturated rings.